The molecule has 2 unspecified atom stereocenters. The molecule has 3 nitrogen and oxygen atoms in total. The van der Waals surface area contributed by atoms with Crippen LogP contribution in [-0.4, -0.2) is 17.6 Å². The van der Waals surface area contributed by atoms with Gasteiger partial charge in [-0.1, -0.05) is 0 Å². The van der Waals surface area contributed by atoms with Crippen molar-refractivity contribution in [3.63, 3.8) is 0 Å². The molecule has 13 heavy (non-hydrogen) atoms. The van der Waals surface area contributed by atoms with Crippen molar-refractivity contribution in [3.05, 3.63) is 0 Å². The largest absolute Gasteiger partial charge is 0.481 e. The summed E-state index contributed by atoms with van der Waals surface area (Å²) in [4.78, 5) is 11.3. The summed E-state index contributed by atoms with van der Waals surface area (Å²) < 4.78 is 0. The number of carboxylic acids is 1. The summed E-state index contributed by atoms with van der Waals surface area (Å²) in [6, 6.07) is 0. The van der Waals surface area contributed by atoms with Crippen LogP contribution in [0.25, 0.3) is 0 Å². The van der Waals surface area contributed by atoms with Gasteiger partial charge in [-0.15, -0.1) is 0 Å². The highest BCUT2D eigenvalue weighted by Gasteiger charge is 2.74. The van der Waals surface area contributed by atoms with E-state index >= 15 is 0 Å². The molecule has 4 fully saturated rings. The van der Waals surface area contributed by atoms with Crippen LogP contribution < -0.4 is 5.73 Å². The number of nitrogens with two attached hydrogens (primary N) is 1. The Balaban J connectivity index is 2.11. The molecule has 0 amide bonds. The second-order valence-corrected chi connectivity index (χ2v) is 5.21. The molecule has 0 saturated heterocycles. The van der Waals surface area contributed by atoms with Gasteiger partial charge in [0, 0.05) is 0 Å². The molecule has 3 heteroatoms. The molecule has 0 aromatic rings. The highest BCUT2D eigenvalue weighted by Crippen LogP contribution is 2.76. The third kappa shape index (κ3) is 0.592. The van der Waals surface area contributed by atoms with E-state index in [9.17, 15) is 9.90 Å². The number of aliphatic carboxylic acids is 1. The van der Waals surface area contributed by atoms with E-state index in [1.54, 1.807) is 0 Å². The molecule has 3 N–H and O–H groups in total. The van der Waals surface area contributed by atoms with Crippen molar-refractivity contribution in [1.82, 2.24) is 0 Å². The third-order valence-electron chi connectivity index (χ3n) is 5.01. The van der Waals surface area contributed by atoms with Crippen LogP contribution in [0.3, 0.4) is 0 Å². The lowest BCUT2D eigenvalue weighted by atomic mass is 9.68. The van der Waals surface area contributed by atoms with Crippen molar-refractivity contribution in [2.45, 2.75) is 25.7 Å². The smallest absolute Gasteiger partial charge is 0.310 e. The Bertz CT molecular complexity index is 273. The van der Waals surface area contributed by atoms with E-state index < -0.39 is 11.4 Å². The molecule has 4 rings (SSSR count). The van der Waals surface area contributed by atoms with Gasteiger partial charge < -0.3 is 10.8 Å². The Morgan fingerprint density at radius 2 is 1.85 bits per heavy atom. The Morgan fingerprint density at radius 3 is 2.15 bits per heavy atom. The molecule has 4 bridgehead atoms. The first-order chi connectivity index (χ1) is 6.13. The van der Waals surface area contributed by atoms with Gasteiger partial charge in [-0.25, -0.2) is 0 Å². The quantitative estimate of drug-likeness (QED) is 0.663. The molecular formula is C10H15NO2. The van der Waals surface area contributed by atoms with E-state index in [0.717, 1.165) is 25.7 Å². The summed E-state index contributed by atoms with van der Waals surface area (Å²) in [5, 5.41) is 9.33. The second kappa shape index (κ2) is 1.92. The SMILES string of the molecule is NCC12CC3CC1(C(=O)O)CC3C2. The van der Waals surface area contributed by atoms with E-state index in [0.29, 0.717) is 18.4 Å². The zero-order valence-electron chi connectivity index (χ0n) is 7.62. The monoisotopic (exact) mass is 181 g/mol. The minimum atomic E-state index is -0.583. The molecule has 0 heterocycles. The summed E-state index contributed by atoms with van der Waals surface area (Å²) in [6.07, 6.45) is 3.98. The Morgan fingerprint density at radius 1 is 1.31 bits per heavy atom. The zero-order chi connectivity index (χ0) is 9.27. The average Bonchev–Trinajstić information content (AvgIpc) is 2.71. The zero-order valence-corrected chi connectivity index (χ0v) is 7.62. The predicted molar refractivity (Wildman–Crippen MR) is 47.0 cm³/mol. The predicted octanol–water partition coefficient (Wildman–Crippen LogP) is 0.836. The second-order valence-electron chi connectivity index (χ2n) is 5.21. The number of hydrogen-bond acceptors (Lipinski definition) is 2. The molecule has 0 aromatic carbocycles. The lowest BCUT2D eigenvalue weighted by Crippen LogP contribution is -2.44. The minimum Gasteiger partial charge on any atom is -0.481 e. The first-order valence-electron chi connectivity index (χ1n) is 5.07. The Kier molecular flexibility index (Phi) is 1.15. The molecule has 72 valence electrons. The van der Waals surface area contributed by atoms with Crippen molar-refractivity contribution in [1.29, 1.82) is 0 Å². The van der Waals surface area contributed by atoms with Crippen LogP contribution in [0.2, 0.25) is 0 Å². The van der Waals surface area contributed by atoms with Crippen LogP contribution in [0, 0.1) is 22.7 Å². The van der Waals surface area contributed by atoms with Gasteiger partial charge in [-0.2, -0.15) is 0 Å². The molecular weight excluding hydrogens is 166 g/mol. The van der Waals surface area contributed by atoms with Crippen molar-refractivity contribution in [2.24, 2.45) is 28.4 Å². The van der Waals surface area contributed by atoms with Gasteiger partial charge >= 0.3 is 5.97 Å². The lowest BCUT2D eigenvalue weighted by molar-refractivity contribution is -0.153. The fourth-order valence-corrected chi connectivity index (χ4v) is 4.46. The number of rotatable bonds is 2. The standard InChI is InChI=1S/C10H15NO2/c11-5-9-1-6-3-10(9,8(12)13)4-7(6)2-9/h6-7H,1-5,11H2,(H,12,13). The maximum Gasteiger partial charge on any atom is 0.310 e. The molecule has 4 saturated carbocycles. The molecule has 4 aliphatic rings. The lowest BCUT2D eigenvalue weighted by Gasteiger charge is -2.36. The van der Waals surface area contributed by atoms with Crippen LogP contribution in [0.5, 0.6) is 0 Å². The fourth-order valence-electron chi connectivity index (χ4n) is 4.46. The maximum atomic E-state index is 11.3. The Labute approximate surface area is 77.3 Å². The Hall–Kier alpha value is -0.570. The van der Waals surface area contributed by atoms with Crippen LogP contribution >= 0.6 is 0 Å². The third-order valence-corrected chi connectivity index (χ3v) is 5.01. The molecule has 2 atom stereocenters. The molecule has 4 aliphatic carbocycles. The van der Waals surface area contributed by atoms with Crippen molar-refractivity contribution in [3.8, 4) is 0 Å². The van der Waals surface area contributed by atoms with Gasteiger partial charge in [0.1, 0.15) is 0 Å². The number of carbonyl (C=O) groups is 1. The average molecular weight is 181 g/mol. The van der Waals surface area contributed by atoms with Crippen LogP contribution in [0.1, 0.15) is 25.7 Å². The maximum absolute atomic E-state index is 11.3. The number of carboxylic acid groups (broad SMARTS) is 1. The van der Waals surface area contributed by atoms with Crippen LogP contribution in [0.4, 0.5) is 0 Å². The highest BCUT2D eigenvalue weighted by atomic mass is 16.4. The number of hydrogen-bond donors (Lipinski definition) is 2. The van der Waals surface area contributed by atoms with Gasteiger partial charge in [-0.05, 0) is 49.5 Å². The topological polar surface area (TPSA) is 63.3 Å². The van der Waals surface area contributed by atoms with Crippen molar-refractivity contribution >= 4 is 5.97 Å². The van der Waals surface area contributed by atoms with Crippen molar-refractivity contribution in [2.75, 3.05) is 6.54 Å². The fraction of sp³-hybridized carbons (Fsp3) is 0.900. The van der Waals surface area contributed by atoms with Crippen molar-refractivity contribution < 1.29 is 9.90 Å². The van der Waals surface area contributed by atoms with E-state index in [4.69, 9.17) is 5.73 Å². The van der Waals surface area contributed by atoms with Gasteiger partial charge in [0.2, 0.25) is 0 Å². The normalized spacial score (nSPS) is 56.4. The summed E-state index contributed by atoms with van der Waals surface area (Å²) in [5.41, 5.74) is 5.34. The van der Waals surface area contributed by atoms with E-state index in [-0.39, 0.29) is 5.41 Å². The van der Waals surface area contributed by atoms with Gasteiger partial charge in [0.15, 0.2) is 0 Å². The summed E-state index contributed by atoms with van der Waals surface area (Å²) in [5.74, 6) is 0.778. The summed E-state index contributed by atoms with van der Waals surface area (Å²) >= 11 is 0. The molecule has 0 radical (unpaired) electrons. The van der Waals surface area contributed by atoms with E-state index in [1.165, 1.54) is 0 Å². The highest BCUT2D eigenvalue weighted by molar-refractivity contribution is 5.78. The first kappa shape index (κ1) is 7.80. The van der Waals surface area contributed by atoms with E-state index in [1.807, 2.05) is 0 Å². The van der Waals surface area contributed by atoms with E-state index in [2.05, 4.69) is 0 Å². The molecule has 0 aromatic heterocycles. The van der Waals surface area contributed by atoms with Gasteiger partial charge in [-0.3, -0.25) is 4.79 Å². The summed E-state index contributed by atoms with van der Waals surface area (Å²) in [6.45, 7) is 0.576. The van der Waals surface area contributed by atoms with Crippen LogP contribution in [0.15, 0.2) is 0 Å². The molecule has 0 spiro atoms. The minimum absolute atomic E-state index is 0.0197. The first-order valence-corrected chi connectivity index (χ1v) is 5.07. The van der Waals surface area contributed by atoms with Gasteiger partial charge in [0.25, 0.3) is 0 Å². The van der Waals surface area contributed by atoms with Gasteiger partial charge in [0.05, 0.1) is 5.41 Å². The van der Waals surface area contributed by atoms with Crippen LogP contribution in [-0.2, 0) is 4.79 Å². The molecule has 0 aliphatic heterocycles. The summed E-state index contributed by atoms with van der Waals surface area (Å²) in [7, 11) is 0.